The summed E-state index contributed by atoms with van der Waals surface area (Å²) in [6.07, 6.45) is -4.65. The van der Waals surface area contributed by atoms with Gasteiger partial charge in [-0.25, -0.2) is 0 Å². The van der Waals surface area contributed by atoms with Crippen molar-refractivity contribution in [1.82, 2.24) is 0 Å². The SMILES string of the molecule is CC(C)(O)Cc1ccc(CC(F)(F)F)cc1. The van der Waals surface area contributed by atoms with Crippen LogP contribution in [0, 0.1) is 0 Å². The third kappa shape index (κ3) is 5.16. The van der Waals surface area contributed by atoms with Crippen LogP contribution >= 0.6 is 0 Å². The average molecular weight is 232 g/mol. The molecule has 0 amide bonds. The van der Waals surface area contributed by atoms with Gasteiger partial charge in [0.1, 0.15) is 0 Å². The van der Waals surface area contributed by atoms with Gasteiger partial charge in [-0.15, -0.1) is 0 Å². The highest BCUT2D eigenvalue weighted by molar-refractivity contribution is 5.24. The minimum absolute atomic E-state index is 0.243. The lowest BCUT2D eigenvalue weighted by Gasteiger charge is -2.17. The molecule has 1 rings (SSSR count). The number of alkyl halides is 3. The van der Waals surface area contributed by atoms with Crippen LogP contribution in [0.4, 0.5) is 13.2 Å². The average Bonchev–Trinajstić information content (AvgIpc) is 2.03. The van der Waals surface area contributed by atoms with Gasteiger partial charge in [0.15, 0.2) is 0 Å². The van der Waals surface area contributed by atoms with Crippen LogP contribution in [0.5, 0.6) is 0 Å². The molecule has 16 heavy (non-hydrogen) atoms. The van der Waals surface area contributed by atoms with E-state index in [4.69, 9.17) is 0 Å². The molecule has 90 valence electrons. The van der Waals surface area contributed by atoms with Crippen LogP contribution in [-0.4, -0.2) is 16.9 Å². The van der Waals surface area contributed by atoms with Crippen LogP contribution in [0.1, 0.15) is 25.0 Å². The molecule has 0 radical (unpaired) electrons. The number of aliphatic hydroxyl groups is 1. The molecule has 0 atom stereocenters. The largest absolute Gasteiger partial charge is 0.393 e. The molecule has 1 aromatic carbocycles. The highest BCUT2D eigenvalue weighted by Gasteiger charge is 2.27. The van der Waals surface area contributed by atoms with Gasteiger partial charge in [-0.2, -0.15) is 13.2 Å². The summed E-state index contributed by atoms with van der Waals surface area (Å²) < 4.78 is 36.2. The maximum Gasteiger partial charge on any atom is 0.393 e. The Hall–Kier alpha value is -1.03. The van der Waals surface area contributed by atoms with E-state index in [0.717, 1.165) is 5.56 Å². The fraction of sp³-hybridized carbons (Fsp3) is 0.500. The predicted octanol–water partition coefficient (Wildman–Crippen LogP) is 3.10. The van der Waals surface area contributed by atoms with Gasteiger partial charge in [0, 0.05) is 6.42 Å². The standard InChI is InChI=1S/C12H15F3O/c1-11(2,16)7-9-3-5-10(6-4-9)8-12(13,14)15/h3-6,16H,7-8H2,1-2H3. The van der Waals surface area contributed by atoms with Gasteiger partial charge in [0.05, 0.1) is 12.0 Å². The molecular formula is C12H15F3O. The van der Waals surface area contributed by atoms with Crippen LogP contribution in [0.25, 0.3) is 0 Å². The second-order valence-corrected chi connectivity index (χ2v) is 4.60. The molecular weight excluding hydrogens is 217 g/mol. The molecule has 1 nitrogen and oxygen atoms in total. The second kappa shape index (κ2) is 4.45. The Kier molecular flexibility index (Phi) is 3.63. The van der Waals surface area contributed by atoms with Crippen molar-refractivity contribution in [3.05, 3.63) is 35.4 Å². The van der Waals surface area contributed by atoms with Gasteiger partial charge in [-0.3, -0.25) is 0 Å². The van der Waals surface area contributed by atoms with Gasteiger partial charge >= 0.3 is 6.18 Å². The summed E-state index contributed by atoms with van der Waals surface area (Å²) in [7, 11) is 0. The Morgan fingerprint density at radius 3 is 1.62 bits per heavy atom. The molecule has 0 bridgehead atoms. The lowest BCUT2D eigenvalue weighted by Crippen LogP contribution is -2.21. The van der Waals surface area contributed by atoms with E-state index in [1.165, 1.54) is 12.1 Å². The third-order valence-electron chi connectivity index (χ3n) is 2.06. The topological polar surface area (TPSA) is 20.2 Å². The molecule has 0 unspecified atom stereocenters. The van der Waals surface area contributed by atoms with Crippen LogP contribution in [0.2, 0.25) is 0 Å². The van der Waals surface area contributed by atoms with E-state index in [-0.39, 0.29) is 5.56 Å². The summed E-state index contributed by atoms with van der Waals surface area (Å²) >= 11 is 0. The molecule has 0 saturated heterocycles. The van der Waals surface area contributed by atoms with E-state index >= 15 is 0 Å². The fourth-order valence-electron chi connectivity index (χ4n) is 1.51. The molecule has 0 fully saturated rings. The van der Waals surface area contributed by atoms with Crippen molar-refractivity contribution in [2.75, 3.05) is 0 Å². The number of halogens is 3. The van der Waals surface area contributed by atoms with Crippen LogP contribution in [0.3, 0.4) is 0 Å². The lowest BCUT2D eigenvalue weighted by atomic mass is 9.97. The number of benzene rings is 1. The van der Waals surface area contributed by atoms with Crippen molar-refractivity contribution in [2.24, 2.45) is 0 Å². The molecule has 0 spiro atoms. The van der Waals surface area contributed by atoms with Crippen molar-refractivity contribution < 1.29 is 18.3 Å². The number of hydrogen-bond donors (Lipinski definition) is 1. The highest BCUT2D eigenvalue weighted by atomic mass is 19.4. The van der Waals surface area contributed by atoms with Crippen molar-refractivity contribution in [2.45, 2.75) is 38.5 Å². The predicted molar refractivity (Wildman–Crippen MR) is 56.2 cm³/mol. The number of rotatable bonds is 3. The van der Waals surface area contributed by atoms with E-state index in [1.807, 2.05) is 0 Å². The molecule has 0 aliphatic rings. The molecule has 0 saturated carbocycles. The van der Waals surface area contributed by atoms with E-state index in [9.17, 15) is 18.3 Å². The van der Waals surface area contributed by atoms with Gasteiger partial charge in [0.25, 0.3) is 0 Å². The lowest BCUT2D eigenvalue weighted by molar-refractivity contribution is -0.127. The Bertz CT molecular complexity index is 298. The first kappa shape index (κ1) is 13.0. The zero-order valence-electron chi connectivity index (χ0n) is 9.30. The zero-order chi connectivity index (χ0) is 12.4. The minimum Gasteiger partial charge on any atom is -0.390 e. The molecule has 0 aromatic heterocycles. The quantitative estimate of drug-likeness (QED) is 0.849. The van der Waals surface area contributed by atoms with Gasteiger partial charge in [-0.05, 0) is 25.0 Å². The first-order chi connectivity index (χ1) is 7.16. The van der Waals surface area contributed by atoms with Crippen molar-refractivity contribution in [3.8, 4) is 0 Å². The molecule has 0 aliphatic carbocycles. The molecule has 0 heterocycles. The van der Waals surface area contributed by atoms with E-state index < -0.39 is 18.2 Å². The Morgan fingerprint density at radius 1 is 0.938 bits per heavy atom. The fourth-order valence-corrected chi connectivity index (χ4v) is 1.51. The summed E-state index contributed by atoms with van der Waals surface area (Å²) in [5.74, 6) is 0. The van der Waals surface area contributed by atoms with E-state index in [0.29, 0.717) is 6.42 Å². The Labute approximate surface area is 92.9 Å². The monoisotopic (exact) mass is 232 g/mol. The van der Waals surface area contributed by atoms with Gasteiger partial charge in [0.2, 0.25) is 0 Å². The van der Waals surface area contributed by atoms with Crippen molar-refractivity contribution in [3.63, 3.8) is 0 Å². The first-order valence-corrected chi connectivity index (χ1v) is 5.03. The summed E-state index contributed by atoms with van der Waals surface area (Å²) in [5, 5.41) is 9.55. The summed E-state index contributed by atoms with van der Waals surface area (Å²) in [4.78, 5) is 0. The summed E-state index contributed by atoms with van der Waals surface area (Å²) in [5.41, 5.74) is 0.233. The van der Waals surface area contributed by atoms with Crippen LogP contribution in [0.15, 0.2) is 24.3 Å². The number of hydrogen-bond acceptors (Lipinski definition) is 1. The van der Waals surface area contributed by atoms with Crippen molar-refractivity contribution in [1.29, 1.82) is 0 Å². The smallest absolute Gasteiger partial charge is 0.390 e. The van der Waals surface area contributed by atoms with E-state index in [1.54, 1.807) is 26.0 Å². The highest BCUT2D eigenvalue weighted by Crippen LogP contribution is 2.22. The third-order valence-corrected chi connectivity index (χ3v) is 2.06. The minimum atomic E-state index is -4.17. The van der Waals surface area contributed by atoms with Crippen LogP contribution < -0.4 is 0 Å². The maximum absolute atomic E-state index is 12.1. The van der Waals surface area contributed by atoms with Crippen molar-refractivity contribution >= 4 is 0 Å². The second-order valence-electron chi connectivity index (χ2n) is 4.60. The normalized spacial score (nSPS) is 12.9. The first-order valence-electron chi connectivity index (χ1n) is 5.03. The molecule has 1 aromatic rings. The molecule has 0 aliphatic heterocycles. The summed E-state index contributed by atoms with van der Waals surface area (Å²) in [6.45, 7) is 3.33. The van der Waals surface area contributed by atoms with Gasteiger partial charge in [-0.1, -0.05) is 24.3 Å². The van der Waals surface area contributed by atoms with Crippen LogP contribution in [-0.2, 0) is 12.8 Å². The molecule has 4 heteroatoms. The molecule has 1 N–H and O–H groups in total. The van der Waals surface area contributed by atoms with Gasteiger partial charge < -0.3 is 5.11 Å². The summed E-state index contributed by atoms with van der Waals surface area (Å²) in [6, 6.07) is 6.15. The maximum atomic E-state index is 12.1. The Morgan fingerprint density at radius 2 is 1.31 bits per heavy atom. The van der Waals surface area contributed by atoms with E-state index in [2.05, 4.69) is 0 Å². The zero-order valence-corrected chi connectivity index (χ0v) is 9.30. The Balaban J connectivity index is 2.69.